The maximum atomic E-state index is 11.9. The van der Waals surface area contributed by atoms with Crippen LogP contribution in [0.15, 0.2) is 24.3 Å². The zero-order valence-electron chi connectivity index (χ0n) is 10.8. The molecule has 0 aliphatic heterocycles. The highest BCUT2D eigenvalue weighted by molar-refractivity contribution is 6.10. The first kappa shape index (κ1) is 13.4. The van der Waals surface area contributed by atoms with Crippen LogP contribution in [0.4, 0.5) is 5.69 Å². The van der Waals surface area contributed by atoms with Gasteiger partial charge in [-0.15, -0.1) is 0 Å². The summed E-state index contributed by atoms with van der Waals surface area (Å²) in [5.41, 5.74) is -0.661. The van der Waals surface area contributed by atoms with E-state index in [0.29, 0.717) is 30.9 Å². The predicted octanol–water partition coefficient (Wildman–Crippen LogP) is 2.28. The lowest BCUT2D eigenvalue weighted by molar-refractivity contribution is -0.147. The van der Waals surface area contributed by atoms with Gasteiger partial charge in [-0.05, 0) is 31.4 Å². The number of carbonyl (C=O) groups is 2. The van der Waals surface area contributed by atoms with Crippen LogP contribution in [0.3, 0.4) is 0 Å². The summed E-state index contributed by atoms with van der Waals surface area (Å²) in [4.78, 5) is 23.0. The molecular formula is C14H17NO4. The molecule has 5 nitrogen and oxygen atoms in total. The Morgan fingerprint density at radius 3 is 2.74 bits per heavy atom. The number of carboxylic acid groups (broad SMARTS) is 1. The van der Waals surface area contributed by atoms with Crippen molar-refractivity contribution in [3.05, 3.63) is 24.3 Å². The Labute approximate surface area is 111 Å². The highest BCUT2D eigenvalue weighted by Gasteiger charge is 2.57. The Hall–Kier alpha value is -2.04. The fourth-order valence-electron chi connectivity index (χ4n) is 1.80. The first-order valence-electron chi connectivity index (χ1n) is 6.36. The van der Waals surface area contributed by atoms with E-state index in [9.17, 15) is 9.59 Å². The van der Waals surface area contributed by atoms with Crippen LogP contribution in [0.25, 0.3) is 0 Å². The number of carboxylic acids is 1. The minimum absolute atomic E-state index is 0.403. The number of hydrogen-bond donors (Lipinski definition) is 2. The Kier molecular flexibility index (Phi) is 3.74. The second-order valence-electron chi connectivity index (χ2n) is 4.72. The van der Waals surface area contributed by atoms with Gasteiger partial charge in [0.1, 0.15) is 11.2 Å². The van der Waals surface area contributed by atoms with Crippen LogP contribution in [-0.4, -0.2) is 23.6 Å². The summed E-state index contributed by atoms with van der Waals surface area (Å²) in [5, 5.41) is 11.7. The maximum Gasteiger partial charge on any atom is 0.319 e. The van der Waals surface area contributed by atoms with E-state index in [1.165, 1.54) is 0 Å². The van der Waals surface area contributed by atoms with Crippen molar-refractivity contribution >= 4 is 17.6 Å². The fraction of sp³-hybridized carbons (Fsp3) is 0.429. The van der Waals surface area contributed by atoms with Gasteiger partial charge in [0, 0.05) is 11.8 Å². The van der Waals surface area contributed by atoms with Crippen molar-refractivity contribution in [3.63, 3.8) is 0 Å². The van der Waals surface area contributed by atoms with Gasteiger partial charge in [0.05, 0.1) is 6.61 Å². The van der Waals surface area contributed by atoms with Crippen molar-refractivity contribution in [1.29, 1.82) is 0 Å². The zero-order valence-corrected chi connectivity index (χ0v) is 10.8. The molecule has 1 saturated carbocycles. The van der Waals surface area contributed by atoms with E-state index in [2.05, 4.69) is 5.32 Å². The molecule has 1 aliphatic carbocycles. The second-order valence-corrected chi connectivity index (χ2v) is 4.72. The molecule has 19 heavy (non-hydrogen) atoms. The summed E-state index contributed by atoms with van der Waals surface area (Å²) in [6, 6.07) is 6.98. The van der Waals surface area contributed by atoms with E-state index in [1.54, 1.807) is 24.3 Å². The van der Waals surface area contributed by atoms with Gasteiger partial charge in [0.2, 0.25) is 5.91 Å². The van der Waals surface area contributed by atoms with Gasteiger partial charge in [-0.2, -0.15) is 0 Å². The number of hydrogen-bond acceptors (Lipinski definition) is 3. The van der Waals surface area contributed by atoms with Crippen LogP contribution in [0.5, 0.6) is 5.75 Å². The normalized spacial score (nSPS) is 15.6. The average molecular weight is 263 g/mol. The molecule has 5 heteroatoms. The summed E-state index contributed by atoms with van der Waals surface area (Å²) >= 11 is 0. The van der Waals surface area contributed by atoms with Gasteiger partial charge >= 0.3 is 5.97 Å². The summed E-state index contributed by atoms with van der Waals surface area (Å²) in [6.45, 7) is 2.62. The van der Waals surface area contributed by atoms with E-state index in [-0.39, 0.29) is 0 Å². The number of amides is 1. The third-order valence-corrected chi connectivity index (χ3v) is 3.16. The Morgan fingerprint density at radius 1 is 1.42 bits per heavy atom. The van der Waals surface area contributed by atoms with Gasteiger partial charge in [0.15, 0.2) is 0 Å². The molecule has 2 N–H and O–H groups in total. The summed E-state index contributed by atoms with van der Waals surface area (Å²) in [6.07, 6.45) is 1.71. The second kappa shape index (κ2) is 5.30. The zero-order chi connectivity index (χ0) is 13.9. The van der Waals surface area contributed by atoms with Gasteiger partial charge in [0.25, 0.3) is 0 Å². The molecule has 0 spiro atoms. The first-order valence-corrected chi connectivity index (χ1v) is 6.36. The molecule has 1 aromatic carbocycles. The minimum atomic E-state index is -1.22. The molecule has 2 rings (SSSR count). The minimum Gasteiger partial charge on any atom is -0.494 e. The van der Waals surface area contributed by atoms with E-state index < -0.39 is 17.3 Å². The third-order valence-electron chi connectivity index (χ3n) is 3.16. The summed E-state index contributed by atoms with van der Waals surface area (Å²) in [5.74, 6) is -0.837. The number of aliphatic carboxylic acids is 1. The molecule has 1 aromatic rings. The van der Waals surface area contributed by atoms with Crippen molar-refractivity contribution in [2.24, 2.45) is 5.41 Å². The van der Waals surface area contributed by atoms with Crippen molar-refractivity contribution in [1.82, 2.24) is 0 Å². The quantitative estimate of drug-likeness (QED) is 0.772. The largest absolute Gasteiger partial charge is 0.494 e. The Bertz CT molecular complexity index is 494. The first-order chi connectivity index (χ1) is 9.08. The molecular weight excluding hydrogens is 246 g/mol. The lowest BCUT2D eigenvalue weighted by Gasteiger charge is -2.12. The number of carbonyl (C=O) groups excluding carboxylic acids is 1. The van der Waals surface area contributed by atoms with E-state index >= 15 is 0 Å². The van der Waals surface area contributed by atoms with Crippen LogP contribution in [-0.2, 0) is 9.59 Å². The number of rotatable bonds is 6. The van der Waals surface area contributed by atoms with Gasteiger partial charge < -0.3 is 15.2 Å². The van der Waals surface area contributed by atoms with Gasteiger partial charge in [-0.1, -0.05) is 13.0 Å². The molecule has 1 fully saturated rings. The molecule has 0 bridgehead atoms. The van der Waals surface area contributed by atoms with Crippen molar-refractivity contribution in [3.8, 4) is 5.75 Å². The molecule has 0 heterocycles. The van der Waals surface area contributed by atoms with Crippen LogP contribution in [0, 0.1) is 5.41 Å². The molecule has 0 radical (unpaired) electrons. The monoisotopic (exact) mass is 263 g/mol. The van der Waals surface area contributed by atoms with Crippen LogP contribution >= 0.6 is 0 Å². The van der Waals surface area contributed by atoms with Crippen molar-refractivity contribution in [2.45, 2.75) is 26.2 Å². The van der Waals surface area contributed by atoms with Crippen molar-refractivity contribution < 1.29 is 19.4 Å². The SMILES string of the molecule is CCCOc1cccc(NC(=O)C2(C(=O)O)CC2)c1. The van der Waals surface area contributed by atoms with Crippen molar-refractivity contribution in [2.75, 3.05) is 11.9 Å². The summed E-state index contributed by atoms with van der Waals surface area (Å²) < 4.78 is 5.46. The standard InChI is InChI=1S/C14H17NO4/c1-2-8-19-11-5-3-4-10(9-11)15-12(16)14(6-7-14)13(17)18/h3-5,9H,2,6-8H2,1H3,(H,15,16)(H,17,18). The molecule has 0 unspecified atom stereocenters. The fourth-order valence-corrected chi connectivity index (χ4v) is 1.80. The van der Waals surface area contributed by atoms with E-state index in [4.69, 9.17) is 9.84 Å². The molecule has 0 aromatic heterocycles. The molecule has 1 aliphatic rings. The highest BCUT2D eigenvalue weighted by atomic mass is 16.5. The highest BCUT2D eigenvalue weighted by Crippen LogP contribution is 2.46. The average Bonchev–Trinajstić information content (AvgIpc) is 3.18. The predicted molar refractivity (Wildman–Crippen MR) is 70.2 cm³/mol. The lowest BCUT2D eigenvalue weighted by atomic mass is 10.1. The third kappa shape index (κ3) is 2.86. The molecule has 0 saturated heterocycles. The van der Waals surface area contributed by atoms with E-state index in [1.807, 2.05) is 6.92 Å². The van der Waals surface area contributed by atoms with Crippen LogP contribution in [0.2, 0.25) is 0 Å². The summed E-state index contributed by atoms with van der Waals surface area (Å²) in [7, 11) is 0. The molecule has 0 atom stereocenters. The molecule has 102 valence electrons. The number of anilines is 1. The van der Waals surface area contributed by atoms with Crippen LogP contribution < -0.4 is 10.1 Å². The van der Waals surface area contributed by atoms with Crippen LogP contribution in [0.1, 0.15) is 26.2 Å². The number of benzene rings is 1. The van der Waals surface area contributed by atoms with E-state index in [0.717, 1.165) is 6.42 Å². The maximum absolute atomic E-state index is 11.9. The smallest absolute Gasteiger partial charge is 0.319 e. The number of nitrogens with one attached hydrogen (secondary N) is 1. The lowest BCUT2D eigenvalue weighted by Crippen LogP contribution is -2.31. The van der Waals surface area contributed by atoms with Gasteiger partial charge in [-0.25, -0.2) is 0 Å². The molecule has 1 amide bonds. The Morgan fingerprint density at radius 2 is 2.16 bits per heavy atom. The van der Waals surface area contributed by atoms with Gasteiger partial charge in [-0.3, -0.25) is 9.59 Å². The topological polar surface area (TPSA) is 75.6 Å². The Balaban J connectivity index is 2.03. The number of ether oxygens (including phenoxy) is 1.